The molecule has 5 nitrogen and oxygen atoms in total. The maximum Gasteiger partial charge on any atom is 0.376 e. The monoisotopic (exact) mass is 325 g/mol. The lowest BCUT2D eigenvalue weighted by Gasteiger charge is -1.96. The predicted molar refractivity (Wildman–Crippen MR) is 71.7 cm³/mol. The minimum atomic E-state index is -0.567. The number of carbonyl (C=O) groups is 1. The summed E-state index contributed by atoms with van der Waals surface area (Å²) in [4.78, 5) is 15.8. The number of methoxy groups -OCH3 is 2. The molecule has 1 heterocycles. The van der Waals surface area contributed by atoms with Crippen molar-refractivity contribution in [3.05, 3.63) is 40.2 Å². The molecule has 100 valence electrons. The molecule has 0 saturated heterocycles. The third-order valence-electron chi connectivity index (χ3n) is 2.44. The van der Waals surface area contributed by atoms with Gasteiger partial charge in [0.15, 0.2) is 0 Å². The van der Waals surface area contributed by atoms with Crippen molar-refractivity contribution in [2.24, 2.45) is 0 Å². The van der Waals surface area contributed by atoms with Gasteiger partial charge in [-0.05, 0) is 24.3 Å². The van der Waals surface area contributed by atoms with Gasteiger partial charge >= 0.3 is 5.97 Å². The molecule has 0 saturated carbocycles. The number of carbonyl (C=O) groups excluding carboxylic acids is 1. The summed E-state index contributed by atoms with van der Waals surface area (Å²) in [6.45, 7) is 0.185. The van der Waals surface area contributed by atoms with Crippen LogP contribution in [-0.2, 0) is 16.1 Å². The largest absolute Gasteiger partial charge is 0.463 e. The summed E-state index contributed by atoms with van der Waals surface area (Å²) in [6.07, 6.45) is 0. The molecule has 6 heteroatoms. The van der Waals surface area contributed by atoms with E-state index in [9.17, 15) is 4.79 Å². The number of rotatable bonds is 4. The standard InChI is InChI=1S/C13H12BrNO4/c1-17-7-10-11(13(16)18-2)19-12(15-10)8-3-5-9(14)6-4-8/h3-6H,7H2,1-2H3. The van der Waals surface area contributed by atoms with Gasteiger partial charge in [0.2, 0.25) is 11.7 Å². The molecule has 0 spiro atoms. The molecule has 2 aromatic rings. The van der Waals surface area contributed by atoms with Gasteiger partial charge in [0.05, 0.1) is 13.7 Å². The zero-order valence-electron chi connectivity index (χ0n) is 10.5. The number of esters is 1. The first kappa shape index (κ1) is 13.8. The van der Waals surface area contributed by atoms with Crippen LogP contribution in [0, 0.1) is 0 Å². The summed E-state index contributed by atoms with van der Waals surface area (Å²) >= 11 is 3.35. The summed E-state index contributed by atoms with van der Waals surface area (Å²) in [5.41, 5.74) is 1.20. The van der Waals surface area contributed by atoms with Gasteiger partial charge in [-0.2, -0.15) is 0 Å². The van der Waals surface area contributed by atoms with Gasteiger partial charge in [-0.25, -0.2) is 9.78 Å². The highest BCUT2D eigenvalue weighted by Crippen LogP contribution is 2.24. The molecule has 1 aromatic heterocycles. The van der Waals surface area contributed by atoms with Crippen molar-refractivity contribution in [2.75, 3.05) is 14.2 Å². The molecule has 0 unspecified atom stereocenters. The van der Waals surface area contributed by atoms with E-state index >= 15 is 0 Å². The lowest BCUT2D eigenvalue weighted by Crippen LogP contribution is -2.04. The number of aromatic nitrogens is 1. The SMILES string of the molecule is COCc1nc(-c2ccc(Br)cc2)oc1C(=O)OC. The fourth-order valence-corrected chi connectivity index (χ4v) is 1.82. The molecule has 1 aromatic carbocycles. The van der Waals surface area contributed by atoms with Crippen LogP contribution in [-0.4, -0.2) is 25.2 Å². The van der Waals surface area contributed by atoms with Crippen LogP contribution >= 0.6 is 15.9 Å². The fraction of sp³-hybridized carbons (Fsp3) is 0.231. The number of benzene rings is 1. The summed E-state index contributed by atoms with van der Waals surface area (Å²) in [7, 11) is 2.82. The maximum atomic E-state index is 11.6. The Morgan fingerprint density at radius 3 is 2.58 bits per heavy atom. The van der Waals surface area contributed by atoms with Gasteiger partial charge in [0, 0.05) is 17.1 Å². The summed E-state index contributed by atoms with van der Waals surface area (Å²) in [5.74, 6) is -0.134. The van der Waals surface area contributed by atoms with Crippen LogP contribution in [0.25, 0.3) is 11.5 Å². The van der Waals surface area contributed by atoms with Gasteiger partial charge in [0.25, 0.3) is 0 Å². The number of nitrogens with zero attached hydrogens (tertiary/aromatic N) is 1. The van der Waals surface area contributed by atoms with E-state index in [0.717, 1.165) is 10.0 Å². The van der Waals surface area contributed by atoms with Gasteiger partial charge in [-0.1, -0.05) is 15.9 Å². The molecule has 0 aliphatic heterocycles. The number of halogens is 1. The van der Waals surface area contributed by atoms with Crippen molar-refractivity contribution in [1.82, 2.24) is 4.98 Å². The first-order chi connectivity index (χ1) is 9.15. The highest BCUT2D eigenvalue weighted by atomic mass is 79.9. The van der Waals surface area contributed by atoms with Crippen LogP contribution in [0.15, 0.2) is 33.2 Å². The van der Waals surface area contributed by atoms with E-state index in [1.165, 1.54) is 14.2 Å². The molecular weight excluding hydrogens is 314 g/mol. The summed E-state index contributed by atoms with van der Waals surface area (Å²) < 4.78 is 16.1. The second-order valence-corrected chi connectivity index (χ2v) is 4.64. The van der Waals surface area contributed by atoms with Crippen molar-refractivity contribution in [2.45, 2.75) is 6.61 Å². The molecule has 0 N–H and O–H groups in total. The lowest BCUT2D eigenvalue weighted by molar-refractivity contribution is 0.0559. The van der Waals surface area contributed by atoms with Gasteiger partial charge in [-0.3, -0.25) is 0 Å². The topological polar surface area (TPSA) is 61.6 Å². The van der Waals surface area contributed by atoms with Crippen LogP contribution < -0.4 is 0 Å². The molecule has 2 rings (SSSR count). The molecule has 0 bridgehead atoms. The third kappa shape index (κ3) is 3.02. The Labute approximate surface area is 118 Å². The van der Waals surface area contributed by atoms with Crippen molar-refractivity contribution < 1.29 is 18.7 Å². The molecule has 0 atom stereocenters. The minimum absolute atomic E-state index is 0.0715. The van der Waals surface area contributed by atoms with E-state index < -0.39 is 5.97 Å². The zero-order valence-corrected chi connectivity index (χ0v) is 12.1. The Kier molecular flexibility index (Phi) is 4.34. The van der Waals surface area contributed by atoms with E-state index in [1.807, 2.05) is 24.3 Å². The average molecular weight is 326 g/mol. The number of hydrogen-bond acceptors (Lipinski definition) is 5. The van der Waals surface area contributed by atoms with Crippen molar-refractivity contribution in [1.29, 1.82) is 0 Å². The average Bonchev–Trinajstić information content (AvgIpc) is 2.83. The molecule has 0 aliphatic rings. The number of ether oxygens (including phenoxy) is 2. The van der Waals surface area contributed by atoms with Crippen molar-refractivity contribution >= 4 is 21.9 Å². The Morgan fingerprint density at radius 2 is 2.00 bits per heavy atom. The fourth-order valence-electron chi connectivity index (χ4n) is 1.55. The van der Waals surface area contributed by atoms with E-state index in [-0.39, 0.29) is 12.4 Å². The second-order valence-electron chi connectivity index (χ2n) is 3.73. The van der Waals surface area contributed by atoms with Gasteiger partial charge in [-0.15, -0.1) is 0 Å². The molecule has 19 heavy (non-hydrogen) atoms. The van der Waals surface area contributed by atoms with Crippen LogP contribution in [0.5, 0.6) is 0 Å². The van der Waals surface area contributed by atoms with E-state index in [2.05, 4.69) is 25.7 Å². The number of oxazole rings is 1. The Balaban J connectivity index is 2.41. The van der Waals surface area contributed by atoms with E-state index in [4.69, 9.17) is 9.15 Å². The van der Waals surface area contributed by atoms with E-state index in [1.54, 1.807) is 0 Å². The van der Waals surface area contributed by atoms with Crippen LogP contribution in [0.4, 0.5) is 0 Å². The van der Waals surface area contributed by atoms with Crippen LogP contribution in [0.2, 0.25) is 0 Å². The number of hydrogen-bond donors (Lipinski definition) is 0. The first-order valence-electron chi connectivity index (χ1n) is 5.48. The maximum absolute atomic E-state index is 11.6. The Hall–Kier alpha value is -1.66. The van der Waals surface area contributed by atoms with Gasteiger partial charge in [0.1, 0.15) is 5.69 Å². The zero-order chi connectivity index (χ0) is 13.8. The molecule has 0 amide bonds. The lowest BCUT2D eigenvalue weighted by atomic mass is 10.2. The van der Waals surface area contributed by atoms with Crippen molar-refractivity contribution in [3.8, 4) is 11.5 Å². The Morgan fingerprint density at radius 1 is 1.32 bits per heavy atom. The molecule has 0 radical (unpaired) electrons. The highest BCUT2D eigenvalue weighted by molar-refractivity contribution is 9.10. The molecular formula is C13H12BrNO4. The van der Waals surface area contributed by atoms with Crippen LogP contribution in [0.1, 0.15) is 16.2 Å². The highest BCUT2D eigenvalue weighted by Gasteiger charge is 2.21. The van der Waals surface area contributed by atoms with Crippen molar-refractivity contribution in [3.63, 3.8) is 0 Å². The Bertz CT molecular complexity index is 577. The van der Waals surface area contributed by atoms with Gasteiger partial charge < -0.3 is 13.9 Å². The predicted octanol–water partition coefficient (Wildman–Crippen LogP) is 3.04. The van der Waals surface area contributed by atoms with Crippen LogP contribution in [0.3, 0.4) is 0 Å². The van der Waals surface area contributed by atoms with E-state index in [0.29, 0.717) is 11.6 Å². The third-order valence-corrected chi connectivity index (χ3v) is 2.97. The molecule has 0 aliphatic carbocycles. The molecule has 0 fully saturated rings. The second kappa shape index (κ2) is 5.99. The normalized spacial score (nSPS) is 10.5. The summed E-state index contributed by atoms with van der Waals surface area (Å²) in [5, 5.41) is 0. The first-order valence-corrected chi connectivity index (χ1v) is 6.28. The minimum Gasteiger partial charge on any atom is -0.463 e. The quantitative estimate of drug-likeness (QED) is 0.808. The summed E-state index contributed by atoms with van der Waals surface area (Å²) in [6, 6.07) is 7.42. The smallest absolute Gasteiger partial charge is 0.376 e.